The van der Waals surface area contributed by atoms with Crippen molar-refractivity contribution in [3.63, 3.8) is 0 Å². The number of aryl methyl sites for hydroxylation is 1. The summed E-state index contributed by atoms with van der Waals surface area (Å²) >= 11 is 0. The van der Waals surface area contributed by atoms with Crippen molar-refractivity contribution in [2.24, 2.45) is 0 Å². The molecule has 1 aliphatic rings. The number of hydrogen-bond donors (Lipinski definition) is 0. The molecule has 0 unspecified atom stereocenters. The van der Waals surface area contributed by atoms with Crippen LogP contribution in [0.25, 0.3) is 0 Å². The van der Waals surface area contributed by atoms with Gasteiger partial charge in [-0.15, -0.1) is 0 Å². The van der Waals surface area contributed by atoms with Crippen LogP contribution in [-0.2, 0) is 22.9 Å². The van der Waals surface area contributed by atoms with Crippen LogP contribution in [0.3, 0.4) is 0 Å². The summed E-state index contributed by atoms with van der Waals surface area (Å²) < 4.78 is 45.6. The van der Waals surface area contributed by atoms with Gasteiger partial charge in [-0.25, -0.2) is 12.8 Å². The average molecular weight is 400 g/mol. The van der Waals surface area contributed by atoms with E-state index in [0.29, 0.717) is 24.2 Å². The summed E-state index contributed by atoms with van der Waals surface area (Å²) in [4.78, 5) is 12.3. The van der Waals surface area contributed by atoms with Gasteiger partial charge < -0.3 is 4.52 Å². The molecule has 4 rings (SSSR count). The van der Waals surface area contributed by atoms with Gasteiger partial charge >= 0.3 is 0 Å². The summed E-state index contributed by atoms with van der Waals surface area (Å²) in [7, 11) is -3.83. The first-order valence-electron chi connectivity index (χ1n) is 8.79. The minimum absolute atomic E-state index is 0.0323. The monoisotopic (exact) mass is 400 g/mol. The smallest absolute Gasteiger partial charge is 0.264 e. The molecule has 3 aromatic rings. The minimum atomic E-state index is -3.83. The molecule has 8 heteroatoms. The van der Waals surface area contributed by atoms with Crippen molar-refractivity contribution in [2.75, 3.05) is 10.8 Å². The highest BCUT2D eigenvalue weighted by Crippen LogP contribution is 2.33. The molecular weight excluding hydrogens is 383 g/mol. The van der Waals surface area contributed by atoms with E-state index in [4.69, 9.17) is 4.52 Å². The molecule has 0 saturated carbocycles. The standard InChI is InChI=1S/C20H17FN2O4S/c21-16-5-7-17(8-6-16)28(25,26)23-11-1-2-15-4-3-14(12-18(15)23)13-19(24)20-9-10-22-27-20/h3-10,12H,1-2,11,13H2. The van der Waals surface area contributed by atoms with Crippen LogP contribution in [0.2, 0.25) is 0 Å². The summed E-state index contributed by atoms with van der Waals surface area (Å²) in [5.41, 5.74) is 2.13. The SMILES string of the molecule is O=C(Cc1ccc2c(c1)N(S(=O)(=O)c1ccc(F)cc1)CCC2)c1ccno1. The van der Waals surface area contributed by atoms with E-state index >= 15 is 0 Å². The Bertz CT molecular complexity index is 1110. The highest BCUT2D eigenvalue weighted by Gasteiger charge is 2.29. The lowest BCUT2D eigenvalue weighted by molar-refractivity contribution is 0.0957. The molecule has 0 aliphatic carbocycles. The normalized spacial score (nSPS) is 14.0. The topological polar surface area (TPSA) is 80.5 Å². The Morgan fingerprint density at radius 1 is 1.14 bits per heavy atom. The summed E-state index contributed by atoms with van der Waals surface area (Å²) in [6.45, 7) is 0.326. The fourth-order valence-electron chi connectivity index (χ4n) is 3.31. The number of halogens is 1. The molecular formula is C20H17FN2O4S. The third kappa shape index (κ3) is 3.43. The second-order valence-corrected chi connectivity index (χ2v) is 8.44. The third-order valence-electron chi connectivity index (χ3n) is 4.70. The number of carbonyl (C=O) groups is 1. The molecule has 0 fully saturated rings. The van der Waals surface area contributed by atoms with Gasteiger partial charge in [0.25, 0.3) is 10.0 Å². The van der Waals surface area contributed by atoms with Crippen molar-refractivity contribution in [2.45, 2.75) is 24.2 Å². The number of fused-ring (bicyclic) bond motifs is 1. The van der Waals surface area contributed by atoms with Crippen LogP contribution in [0.15, 0.2) is 64.1 Å². The van der Waals surface area contributed by atoms with Gasteiger partial charge in [-0.2, -0.15) is 0 Å². The van der Waals surface area contributed by atoms with Crippen LogP contribution < -0.4 is 4.31 Å². The van der Waals surface area contributed by atoms with Gasteiger partial charge in [-0.05, 0) is 54.3 Å². The first kappa shape index (κ1) is 18.4. The van der Waals surface area contributed by atoms with E-state index < -0.39 is 15.8 Å². The zero-order valence-corrected chi connectivity index (χ0v) is 15.7. The summed E-state index contributed by atoms with van der Waals surface area (Å²) in [5, 5.41) is 3.53. The van der Waals surface area contributed by atoms with Gasteiger partial charge in [-0.1, -0.05) is 17.3 Å². The molecule has 0 radical (unpaired) electrons. The molecule has 2 heterocycles. The number of rotatable bonds is 5. The zero-order valence-electron chi connectivity index (χ0n) is 14.8. The minimum Gasteiger partial charge on any atom is -0.353 e. The number of benzene rings is 2. The van der Waals surface area contributed by atoms with Gasteiger partial charge in [0.05, 0.1) is 16.8 Å². The predicted octanol–water partition coefficient (Wildman–Crippen LogP) is 3.38. The predicted molar refractivity (Wildman–Crippen MR) is 100 cm³/mol. The lowest BCUT2D eigenvalue weighted by Gasteiger charge is -2.31. The van der Waals surface area contributed by atoms with E-state index in [-0.39, 0.29) is 22.9 Å². The van der Waals surface area contributed by atoms with Crippen molar-refractivity contribution >= 4 is 21.5 Å². The van der Waals surface area contributed by atoms with E-state index in [0.717, 1.165) is 24.1 Å². The zero-order chi connectivity index (χ0) is 19.7. The maximum atomic E-state index is 13.2. The van der Waals surface area contributed by atoms with Crippen LogP contribution in [0.5, 0.6) is 0 Å². The molecule has 0 atom stereocenters. The molecule has 1 aromatic heterocycles. The number of nitrogens with zero attached hydrogens (tertiary/aromatic N) is 2. The van der Waals surface area contributed by atoms with E-state index in [9.17, 15) is 17.6 Å². The number of hydrogen-bond acceptors (Lipinski definition) is 5. The number of sulfonamides is 1. The number of anilines is 1. The number of ketones is 1. The molecule has 0 amide bonds. The van der Waals surface area contributed by atoms with Crippen molar-refractivity contribution in [1.82, 2.24) is 5.16 Å². The Balaban J connectivity index is 1.68. The summed E-state index contributed by atoms with van der Waals surface area (Å²) in [6.07, 6.45) is 2.91. The lowest BCUT2D eigenvalue weighted by Crippen LogP contribution is -2.35. The van der Waals surface area contributed by atoms with Crippen LogP contribution >= 0.6 is 0 Å². The van der Waals surface area contributed by atoms with Gasteiger partial charge in [0.15, 0.2) is 0 Å². The Labute approximate surface area is 161 Å². The molecule has 2 aromatic carbocycles. The quantitative estimate of drug-likeness (QED) is 0.614. The Kier molecular flexibility index (Phi) is 4.72. The second kappa shape index (κ2) is 7.20. The largest absolute Gasteiger partial charge is 0.353 e. The molecule has 1 aliphatic heterocycles. The first-order chi connectivity index (χ1) is 13.4. The Morgan fingerprint density at radius 2 is 1.93 bits per heavy atom. The van der Waals surface area contributed by atoms with Gasteiger partial charge in [0, 0.05) is 19.0 Å². The number of carbonyl (C=O) groups excluding carboxylic acids is 1. The summed E-state index contributed by atoms with van der Waals surface area (Å²) in [5.74, 6) is -0.569. The summed E-state index contributed by atoms with van der Waals surface area (Å²) in [6, 6.07) is 11.7. The molecule has 6 nitrogen and oxygen atoms in total. The molecule has 0 bridgehead atoms. The Morgan fingerprint density at radius 3 is 2.64 bits per heavy atom. The van der Waals surface area contributed by atoms with Gasteiger partial charge in [0.1, 0.15) is 5.82 Å². The number of aromatic nitrogens is 1. The third-order valence-corrected chi connectivity index (χ3v) is 6.53. The van der Waals surface area contributed by atoms with Crippen LogP contribution in [0, 0.1) is 5.82 Å². The van der Waals surface area contributed by atoms with E-state index in [2.05, 4.69) is 5.16 Å². The van der Waals surface area contributed by atoms with Crippen molar-refractivity contribution in [1.29, 1.82) is 0 Å². The van der Waals surface area contributed by atoms with Crippen molar-refractivity contribution in [3.8, 4) is 0 Å². The Hall–Kier alpha value is -3.00. The van der Waals surface area contributed by atoms with E-state index in [1.807, 2.05) is 12.1 Å². The average Bonchev–Trinajstić information content (AvgIpc) is 3.23. The van der Waals surface area contributed by atoms with Crippen molar-refractivity contribution in [3.05, 3.63) is 77.4 Å². The van der Waals surface area contributed by atoms with Crippen molar-refractivity contribution < 1.29 is 22.1 Å². The maximum Gasteiger partial charge on any atom is 0.264 e. The van der Waals surface area contributed by atoms with Crippen LogP contribution in [0.1, 0.15) is 28.1 Å². The molecule has 28 heavy (non-hydrogen) atoms. The van der Waals surface area contributed by atoms with Gasteiger partial charge in [0.2, 0.25) is 11.5 Å². The fraction of sp³-hybridized carbons (Fsp3) is 0.200. The second-order valence-electron chi connectivity index (χ2n) is 6.57. The lowest BCUT2D eigenvalue weighted by atomic mass is 9.99. The van der Waals surface area contributed by atoms with E-state index in [1.165, 1.54) is 28.7 Å². The van der Waals surface area contributed by atoms with Crippen LogP contribution in [-0.4, -0.2) is 25.9 Å². The van der Waals surface area contributed by atoms with Crippen LogP contribution in [0.4, 0.5) is 10.1 Å². The highest BCUT2D eigenvalue weighted by molar-refractivity contribution is 7.92. The molecule has 0 saturated heterocycles. The van der Waals surface area contributed by atoms with E-state index in [1.54, 1.807) is 6.07 Å². The fourth-order valence-corrected chi connectivity index (χ4v) is 4.84. The molecule has 0 spiro atoms. The number of Topliss-reactive ketones (excluding diaryl/α,β-unsaturated/α-hetero) is 1. The van der Waals surface area contributed by atoms with Gasteiger partial charge in [-0.3, -0.25) is 9.10 Å². The molecule has 144 valence electrons. The first-order valence-corrected chi connectivity index (χ1v) is 10.2. The highest BCUT2D eigenvalue weighted by atomic mass is 32.2. The molecule has 0 N–H and O–H groups in total. The maximum absolute atomic E-state index is 13.2.